The van der Waals surface area contributed by atoms with Crippen molar-refractivity contribution in [3.05, 3.63) is 63.2 Å². The number of nitro groups is 1. The molecule has 0 unspecified atom stereocenters. The van der Waals surface area contributed by atoms with Crippen LogP contribution in [0.5, 0.6) is 0 Å². The summed E-state index contributed by atoms with van der Waals surface area (Å²) < 4.78 is 0. The van der Waals surface area contributed by atoms with E-state index in [4.69, 9.17) is 0 Å². The van der Waals surface area contributed by atoms with Gasteiger partial charge in [0.2, 0.25) is 5.91 Å². The molecule has 0 saturated carbocycles. The fraction of sp³-hybridized carbons (Fsp3) is 0.222. The van der Waals surface area contributed by atoms with Crippen LogP contribution in [-0.2, 0) is 11.2 Å². The summed E-state index contributed by atoms with van der Waals surface area (Å²) in [6.07, 6.45) is 1.06. The second-order valence-electron chi connectivity index (χ2n) is 6.01. The topological polar surface area (TPSA) is 92.6 Å². The Hall–Kier alpha value is -3.22. The molecule has 3 rings (SSSR count). The van der Waals surface area contributed by atoms with Crippen LogP contribution >= 0.6 is 0 Å². The molecule has 2 aromatic carbocycles. The van der Waals surface area contributed by atoms with Gasteiger partial charge in [0.15, 0.2) is 0 Å². The summed E-state index contributed by atoms with van der Waals surface area (Å²) in [5, 5.41) is 13.8. The first-order valence-corrected chi connectivity index (χ1v) is 7.82. The molecule has 0 atom stereocenters. The Morgan fingerprint density at radius 2 is 1.96 bits per heavy atom. The number of aryl methyl sites for hydroxylation is 2. The number of hydrogen-bond donors (Lipinski definition) is 1. The lowest BCUT2D eigenvalue weighted by atomic mass is 10.0. The number of carbonyl (C=O) groups is 2. The van der Waals surface area contributed by atoms with E-state index in [1.807, 2.05) is 6.07 Å². The van der Waals surface area contributed by atoms with E-state index in [9.17, 15) is 19.7 Å². The number of hydrogen-bond acceptors (Lipinski definition) is 4. The predicted octanol–water partition coefficient (Wildman–Crippen LogP) is 3.06. The summed E-state index contributed by atoms with van der Waals surface area (Å²) in [6, 6.07) is 9.73. The van der Waals surface area contributed by atoms with Gasteiger partial charge in [-0.3, -0.25) is 19.7 Å². The van der Waals surface area contributed by atoms with Crippen LogP contribution in [0.2, 0.25) is 0 Å². The minimum absolute atomic E-state index is 0.0660. The van der Waals surface area contributed by atoms with Crippen LogP contribution in [0.15, 0.2) is 36.4 Å². The quantitative estimate of drug-likeness (QED) is 0.687. The Morgan fingerprint density at radius 1 is 1.20 bits per heavy atom. The highest BCUT2D eigenvalue weighted by atomic mass is 16.6. The van der Waals surface area contributed by atoms with Crippen LogP contribution < -0.4 is 10.2 Å². The summed E-state index contributed by atoms with van der Waals surface area (Å²) >= 11 is 0. The summed E-state index contributed by atoms with van der Waals surface area (Å²) in [5.74, 6) is -0.348. The molecule has 2 aromatic rings. The second kappa shape index (κ2) is 6.35. The lowest BCUT2D eigenvalue weighted by Crippen LogP contribution is -2.31. The van der Waals surface area contributed by atoms with Gasteiger partial charge in [0.25, 0.3) is 11.6 Å². The fourth-order valence-electron chi connectivity index (χ4n) is 2.88. The number of nitro benzene ring substituents is 1. The van der Waals surface area contributed by atoms with E-state index in [-0.39, 0.29) is 17.2 Å². The Morgan fingerprint density at radius 3 is 2.68 bits per heavy atom. The van der Waals surface area contributed by atoms with Crippen LogP contribution in [0, 0.1) is 17.0 Å². The molecule has 1 N–H and O–H groups in total. The van der Waals surface area contributed by atoms with Crippen LogP contribution in [0.25, 0.3) is 0 Å². The van der Waals surface area contributed by atoms with Gasteiger partial charge in [0.05, 0.1) is 4.92 Å². The zero-order chi connectivity index (χ0) is 18.1. The van der Waals surface area contributed by atoms with Crippen molar-refractivity contribution in [2.45, 2.75) is 19.8 Å². The van der Waals surface area contributed by atoms with Gasteiger partial charge in [-0.1, -0.05) is 6.07 Å². The first-order chi connectivity index (χ1) is 11.9. The van der Waals surface area contributed by atoms with Crippen LogP contribution in [0.3, 0.4) is 0 Å². The first kappa shape index (κ1) is 16.6. The van der Waals surface area contributed by atoms with Crippen LogP contribution in [-0.4, -0.2) is 23.8 Å². The number of anilines is 2. The first-order valence-electron chi connectivity index (χ1n) is 7.82. The van der Waals surface area contributed by atoms with Gasteiger partial charge in [-0.05, 0) is 43.2 Å². The lowest BCUT2D eigenvalue weighted by molar-refractivity contribution is -0.385. The maximum atomic E-state index is 12.4. The molecule has 2 amide bonds. The monoisotopic (exact) mass is 339 g/mol. The van der Waals surface area contributed by atoms with E-state index >= 15 is 0 Å². The van der Waals surface area contributed by atoms with E-state index < -0.39 is 10.8 Å². The summed E-state index contributed by atoms with van der Waals surface area (Å²) in [5.41, 5.74) is 3.05. The van der Waals surface area contributed by atoms with Gasteiger partial charge in [-0.2, -0.15) is 0 Å². The van der Waals surface area contributed by atoms with Crippen molar-refractivity contribution in [2.24, 2.45) is 0 Å². The third kappa shape index (κ3) is 3.21. The number of benzene rings is 2. The molecule has 128 valence electrons. The molecule has 1 aliphatic heterocycles. The summed E-state index contributed by atoms with van der Waals surface area (Å²) in [7, 11) is 1.73. The normalized spacial score (nSPS) is 13.4. The van der Waals surface area contributed by atoms with Crippen molar-refractivity contribution in [1.82, 2.24) is 0 Å². The van der Waals surface area contributed by atoms with Gasteiger partial charge < -0.3 is 10.2 Å². The van der Waals surface area contributed by atoms with E-state index in [1.54, 1.807) is 43.1 Å². The molecule has 0 aromatic heterocycles. The maximum Gasteiger partial charge on any atom is 0.273 e. The maximum absolute atomic E-state index is 12.4. The van der Waals surface area contributed by atoms with E-state index in [0.29, 0.717) is 24.1 Å². The smallest absolute Gasteiger partial charge is 0.273 e. The molecule has 0 spiro atoms. The third-order valence-corrected chi connectivity index (χ3v) is 4.35. The molecule has 0 saturated heterocycles. The second-order valence-corrected chi connectivity index (χ2v) is 6.01. The predicted molar refractivity (Wildman–Crippen MR) is 94.0 cm³/mol. The summed E-state index contributed by atoms with van der Waals surface area (Å²) in [6.45, 7) is 1.63. The SMILES string of the molecule is Cc1ccc(C(=O)Nc2ccc3c(c2)CCC(=O)N3C)cc1[N+](=O)[O-]. The molecule has 1 aliphatic rings. The highest BCUT2D eigenvalue weighted by Gasteiger charge is 2.21. The molecular formula is C18H17N3O4. The minimum atomic E-state index is -0.502. The number of amides is 2. The Balaban J connectivity index is 1.83. The summed E-state index contributed by atoms with van der Waals surface area (Å²) in [4.78, 5) is 36.2. The van der Waals surface area contributed by atoms with Gasteiger partial charge in [0, 0.05) is 42.0 Å². The Labute approximate surface area is 144 Å². The van der Waals surface area contributed by atoms with Gasteiger partial charge in [-0.15, -0.1) is 0 Å². The molecule has 0 bridgehead atoms. The molecule has 0 radical (unpaired) electrons. The molecule has 25 heavy (non-hydrogen) atoms. The number of carbonyl (C=O) groups excluding carboxylic acids is 2. The van der Waals surface area contributed by atoms with Crippen molar-refractivity contribution in [3.8, 4) is 0 Å². The average Bonchev–Trinajstić information content (AvgIpc) is 2.58. The van der Waals surface area contributed by atoms with Crippen LogP contribution in [0.4, 0.5) is 17.1 Å². The van der Waals surface area contributed by atoms with E-state index in [2.05, 4.69) is 5.32 Å². The Kier molecular flexibility index (Phi) is 4.22. The third-order valence-electron chi connectivity index (χ3n) is 4.35. The Bertz CT molecular complexity index is 892. The number of nitrogens with zero attached hydrogens (tertiary/aromatic N) is 2. The minimum Gasteiger partial charge on any atom is -0.322 e. The molecule has 0 aliphatic carbocycles. The number of rotatable bonds is 3. The van der Waals surface area contributed by atoms with Crippen molar-refractivity contribution < 1.29 is 14.5 Å². The largest absolute Gasteiger partial charge is 0.322 e. The molecular weight excluding hydrogens is 322 g/mol. The number of fused-ring (bicyclic) bond motifs is 1. The molecule has 1 heterocycles. The van der Waals surface area contributed by atoms with Gasteiger partial charge in [0.1, 0.15) is 0 Å². The van der Waals surface area contributed by atoms with E-state index in [1.165, 1.54) is 6.07 Å². The molecule has 7 nitrogen and oxygen atoms in total. The zero-order valence-electron chi connectivity index (χ0n) is 13.9. The van der Waals surface area contributed by atoms with Crippen molar-refractivity contribution in [3.63, 3.8) is 0 Å². The zero-order valence-corrected chi connectivity index (χ0v) is 13.9. The standard InChI is InChI=1S/C18H17N3O4/c1-11-3-4-13(10-16(11)21(24)25)18(23)19-14-6-7-15-12(9-14)5-8-17(22)20(15)2/h3-4,6-7,9-10H,5,8H2,1-2H3,(H,19,23). The van der Waals surface area contributed by atoms with Gasteiger partial charge >= 0.3 is 0 Å². The van der Waals surface area contributed by atoms with Crippen LogP contribution in [0.1, 0.15) is 27.9 Å². The van der Waals surface area contributed by atoms with Crippen molar-refractivity contribution in [1.29, 1.82) is 0 Å². The average molecular weight is 339 g/mol. The molecule has 0 fully saturated rings. The van der Waals surface area contributed by atoms with Crippen molar-refractivity contribution >= 4 is 28.9 Å². The van der Waals surface area contributed by atoms with Gasteiger partial charge in [-0.25, -0.2) is 0 Å². The van der Waals surface area contributed by atoms with Crippen molar-refractivity contribution in [2.75, 3.05) is 17.3 Å². The highest BCUT2D eigenvalue weighted by molar-refractivity contribution is 6.05. The highest BCUT2D eigenvalue weighted by Crippen LogP contribution is 2.29. The fourth-order valence-corrected chi connectivity index (χ4v) is 2.88. The lowest BCUT2D eigenvalue weighted by Gasteiger charge is -2.26. The molecule has 7 heteroatoms. The number of nitrogens with one attached hydrogen (secondary N) is 1. The van der Waals surface area contributed by atoms with E-state index in [0.717, 1.165) is 11.3 Å².